The van der Waals surface area contributed by atoms with Crippen molar-refractivity contribution in [2.45, 2.75) is 6.92 Å². The Morgan fingerprint density at radius 2 is 1.83 bits per heavy atom. The maximum Gasteiger partial charge on any atom is 0.123 e. The minimum atomic E-state index is -0.212. The smallest absolute Gasteiger partial charge is 0.123 e. The number of halogens is 1. The Kier molecular flexibility index (Phi) is 3.90. The Morgan fingerprint density at radius 1 is 1.11 bits per heavy atom. The van der Waals surface area contributed by atoms with Gasteiger partial charge in [0.1, 0.15) is 5.82 Å². The Labute approximate surface area is 107 Å². The van der Waals surface area contributed by atoms with Gasteiger partial charge in [0, 0.05) is 6.54 Å². The molecule has 18 heavy (non-hydrogen) atoms. The predicted octanol–water partition coefficient (Wildman–Crippen LogP) is 3.85. The molecule has 0 unspecified atom stereocenters. The maximum absolute atomic E-state index is 13.1. The van der Waals surface area contributed by atoms with Gasteiger partial charge in [-0.1, -0.05) is 42.5 Å². The van der Waals surface area contributed by atoms with Crippen molar-refractivity contribution in [1.29, 1.82) is 0 Å². The zero-order valence-corrected chi connectivity index (χ0v) is 10.4. The first kappa shape index (κ1) is 12.5. The molecule has 1 nitrogen and oxygen atoms in total. The first-order valence-electron chi connectivity index (χ1n) is 5.94. The van der Waals surface area contributed by atoms with Crippen LogP contribution in [-0.4, -0.2) is 6.54 Å². The molecule has 0 bridgehead atoms. The molecule has 2 aromatic rings. The zero-order valence-electron chi connectivity index (χ0n) is 10.4. The fourth-order valence-corrected chi connectivity index (χ4v) is 1.89. The number of benzene rings is 2. The van der Waals surface area contributed by atoms with Gasteiger partial charge in [0.25, 0.3) is 0 Å². The summed E-state index contributed by atoms with van der Waals surface area (Å²) in [5.74, 6) is -0.212. The molecule has 0 atom stereocenters. The third-order valence-electron chi connectivity index (χ3n) is 2.92. The third kappa shape index (κ3) is 2.84. The molecule has 2 heteroatoms. The summed E-state index contributed by atoms with van der Waals surface area (Å²) in [6.07, 6.45) is 1.98. The minimum Gasteiger partial charge on any atom is -0.327 e. The van der Waals surface area contributed by atoms with E-state index in [1.54, 1.807) is 6.07 Å². The second-order valence-electron chi connectivity index (χ2n) is 4.21. The lowest BCUT2D eigenvalue weighted by Gasteiger charge is -2.05. The van der Waals surface area contributed by atoms with Crippen molar-refractivity contribution in [2.75, 3.05) is 6.54 Å². The van der Waals surface area contributed by atoms with E-state index in [1.807, 2.05) is 43.3 Å². The number of nitrogens with two attached hydrogens (primary N) is 1. The Morgan fingerprint density at radius 3 is 2.44 bits per heavy atom. The quantitative estimate of drug-likeness (QED) is 0.867. The van der Waals surface area contributed by atoms with Gasteiger partial charge in [-0.25, -0.2) is 4.39 Å². The highest BCUT2D eigenvalue weighted by atomic mass is 19.1. The van der Waals surface area contributed by atoms with Gasteiger partial charge >= 0.3 is 0 Å². The fourth-order valence-electron chi connectivity index (χ4n) is 1.89. The molecule has 2 rings (SSSR count). The van der Waals surface area contributed by atoms with Crippen LogP contribution in [0.3, 0.4) is 0 Å². The fraction of sp³-hybridized carbons (Fsp3) is 0.125. The number of hydrogen-bond acceptors (Lipinski definition) is 1. The molecule has 0 saturated heterocycles. The molecule has 0 aliphatic carbocycles. The van der Waals surface area contributed by atoms with Gasteiger partial charge in [-0.05, 0) is 41.3 Å². The van der Waals surface area contributed by atoms with Gasteiger partial charge in [-0.3, -0.25) is 0 Å². The molecule has 0 amide bonds. The van der Waals surface area contributed by atoms with Gasteiger partial charge in [0.15, 0.2) is 0 Å². The van der Waals surface area contributed by atoms with Crippen molar-refractivity contribution in [1.82, 2.24) is 0 Å². The van der Waals surface area contributed by atoms with Gasteiger partial charge < -0.3 is 5.73 Å². The number of rotatable bonds is 3. The maximum atomic E-state index is 13.1. The monoisotopic (exact) mass is 241 g/mol. The van der Waals surface area contributed by atoms with Gasteiger partial charge in [-0.2, -0.15) is 0 Å². The molecule has 0 aromatic heterocycles. The van der Waals surface area contributed by atoms with E-state index in [-0.39, 0.29) is 5.82 Å². The molecule has 2 N–H and O–H groups in total. The van der Waals surface area contributed by atoms with Crippen LogP contribution in [0.5, 0.6) is 0 Å². The van der Waals surface area contributed by atoms with Crippen molar-refractivity contribution < 1.29 is 4.39 Å². The summed E-state index contributed by atoms with van der Waals surface area (Å²) in [6.45, 7) is 2.57. The van der Waals surface area contributed by atoms with Crippen LogP contribution in [0, 0.1) is 5.82 Å². The molecule has 0 aliphatic rings. The average Bonchev–Trinajstić information content (AvgIpc) is 2.39. The average molecular weight is 241 g/mol. The van der Waals surface area contributed by atoms with Crippen LogP contribution >= 0.6 is 0 Å². The van der Waals surface area contributed by atoms with Crippen molar-refractivity contribution in [2.24, 2.45) is 5.73 Å². The van der Waals surface area contributed by atoms with Gasteiger partial charge in [-0.15, -0.1) is 0 Å². The number of hydrogen-bond donors (Lipinski definition) is 1. The topological polar surface area (TPSA) is 26.0 Å². The molecular weight excluding hydrogens is 225 g/mol. The summed E-state index contributed by atoms with van der Waals surface area (Å²) in [4.78, 5) is 0. The Bertz CT molecular complexity index is 556. The largest absolute Gasteiger partial charge is 0.327 e. The van der Waals surface area contributed by atoms with Crippen LogP contribution in [0.2, 0.25) is 0 Å². The first-order valence-corrected chi connectivity index (χ1v) is 5.94. The van der Waals surface area contributed by atoms with Gasteiger partial charge in [0.2, 0.25) is 0 Å². The van der Waals surface area contributed by atoms with Crippen molar-refractivity contribution in [3.8, 4) is 11.1 Å². The summed E-state index contributed by atoms with van der Waals surface area (Å²) in [7, 11) is 0. The van der Waals surface area contributed by atoms with E-state index in [4.69, 9.17) is 5.73 Å². The Balaban J connectivity index is 2.30. The third-order valence-corrected chi connectivity index (χ3v) is 2.92. The van der Waals surface area contributed by atoms with E-state index in [0.29, 0.717) is 6.54 Å². The summed E-state index contributed by atoms with van der Waals surface area (Å²) in [6, 6.07) is 14.7. The normalized spacial score (nSPS) is 11.6. The lowest BCUT2D eigenvalue weighted by atomic mass is 10.0. The highest BCUT2D eigenvalue weighted by molar-refractivity contribution is 5.69. The van der Waals surface area contributed by atoms with Crippen LogP contribution in [0.25, 0.3) is 16.7 Å². The molecule has 0 aliphatic heterocycles. The standard InChI is InChI=1S/C16H16FN/c1-12(9-10-18)13-5-7-14(8-6-13)15-3-2-4-16(17)11-15/h2-9,11H,10,18H2,1H3. The minimum absolute atomic E-state index is 0.212. The molecule has 2 aromatic carbocycles. The van der Waals surface area contributed by atoms with E-state index in [2.05, 4.69) is 0 Å². The second-order valence-corrected chi connectivity index (χ2v) is 4.21. The summed E-state index contributed by atoms with van der Waals surface area (Å²) in [5, 5.41) is 0. The van der Waals surface area contributed by atoms with E-state index in [0.717, 1.165) is 22.3 Å². The van der Waals surface area contributed by atoms with Crippen molar-refractivity contribution in [3.63, 3.8) is 0 Å². The lowest BCUT2D eigenvalue weighted by Crippen LogP contribution is -1.94. The van der Waals surface area contributed by atoms with E-state index in [9.17, 15) is 4.39 Å². The highest BCUT2D eigenvalue weighted by Crippen LogP contribution is 2.22. The Hall–Kier alpha value is -1.93. The summed E-state index contributed by atoms with van der Waals surface area (Å²) in [5.41, 5.74) is 9.69. The molecular formula is C16H16FN. The van der Waals surface area contributed by atoms with Crippen LogP contribution in [-0.2, 0) is 0 Å². The zero-order chi connectivity index (χ0) is 13.0. The molecule has 0 radical (unpaired) electrons. The predicted molar refractivity (Wildman–Crippen MR) is 74.5 cm³/mol. The van der Waals surface area contributed by atoms with E-state index >= 15 is 0 Å². The molecule has 92 valence electrons. The number of allylic oxidation sites excluding steroid dienone is 1. The van der Waals surface area contributed by atoms with Crippen molar-refractivity contribution >= 4 is 5.57 Å². The highest BCUT2D eigenvalue weighted by Gasteiger charge is 2.00. The molecule has 0 saturated carbocycles. The SMILES string of the molecule is CC(=CCN)c1ccc(-c2cccc(F)c2)cc1. The van der Waals surface area contributed by atoms with Crippen LogP contribution in [0.4, 0.5) is 4.39 Å². The first-order chi connectivity index (χ1) is 8.70. The van der Waals surface area contributed by atoms with Crippen LogP contribution in [0.1, 0.15) is 12.5 Å². The van der Waals surface area contributed by atoms with Crippen molar-refractivity contribution in [3.05, 3.63) is 66.0 Å². The molecule has 0 fully saturated rings. The molecule has 0 heterocycles. The summed E-state index contributed by atoms with van der Waals surface area (Å²) < 4.78 is 13.1. The van der Waals surface area contributed by atoms with Crippen LogP contribution < -0.4 is 5.73 Å². The second kappa shape index (κ2) is 5.61. The lowest BCUT2D eigenvalue weighted by molar-refractivity contribution is 0.628. The summed E-state index contributed by atoms with van der Waals surface area (Å²) >= 11 is 0. The van der Waals surface area contributed by atoms with Gasteiger partial charge in [0.05, 0.1) is 0 Å². The molecule has 0 spiro atoms. The van der Waals surface area contributed by atoms with E-state index < -0.39 is 0 Å². The van der Waals surface area contributed by atoms with Crippen LogP contribution in [0.15, 0.2) is 54.6 Å². The van der Waals surface area contributed by atoms with E-state index in [1.165, 1.54) is 12.1 Å².